The van der Waals surface area contributed by atoms with Gasteiger partial charge in [-0.05, 0) is 34.2 Å². The van der Waals surface area contributed by atoms with Gasteiger partial charge in [-0.3, -0.25) is 9.36 Å². The highest BCUT2D eigenvalue weighted by Crippen LogP contribution is 2.00. The molecule has 0 saturated carbocycles. The zero-order valence-corrected chi connectivity index (χ0v) is 7.55. The Morgan fingerprint density at radius 1 is 2.00 bits per heavy atom. The molecule has 54 valence electrons. The van der Waals surface area contributed by atoms with Gasteiger partial charge in [-0.25, -0.2) is 4.98 Å². The molecule has 1 aromatic heterocycles. The summed E-state index contributed by atoms with van der Waals surface area (Å²) in [5.41, 5.74) is -0.652. The minimum absolute atomic E-state index is 0.220. The van der Waals surface area contributed by atoms with Crippen molar-refractivity contribution in [3.8, 4) is 0 Å². The van der Waals surface area contributed by atoms with Crippen LogP contribution in [0.15, 0.2) is 11.0 Å². The molecule has 0 N–H and O–H groups in total. The highest BCUT2D eigenvalue weighted by atomic mass is 127. The zero-order valence-electron chi connectivity index (χ0n) is 7.64. The van der Waals surface area contributed by atoms with Gasteiger partial charge in [0.15, 0.2) is 0 Å². The Bertz CT molecular complexity index is 388. The molecule has 0 atom stereocenters. The van der Waals surface area contributed by atoms with E-state index in [-0.39, 0.29) is 8.85 Å². The van der Waals surface area contributed by atoms with E-state index in [0.29, 0.717) is 4.57 Å². The van der Waals surface area contributed by atoms with Crippen molar-refractivity contribution in [2.45, 2.75) is 0 Å². The molecule has 0 unspecified atom stereocenters. The van der Waals surface area contributed by atoms with Crippen molar-refractivity contribution in [1.82, 2.24) is 9.55 Å². The van der Waals surface area contributed by atoms with E-state index in [1.807, 2.05) is 0 Å². The highest BCUT2D eigenvalue weighted by Gasteiger charge is 2.00. The first-order valence-corrected chi connectivity index (χ1v) is 3.73. The molecule has 3 nitrogen and oxygen atoms in total. The molecule has 0 aliphatic rings. The summed E-state index contributed by atoms with van der Waals surface area (Å²) in [6, 6.07) is 0. The van der Waals surface area contributed by atoms with Crippen LogP contribution in [0.5, 0.6) is 0 Å². The molecule has 0 spiro atoms. The Kier molecular flexibility index (Phi) is 1.35. The summed E-state index contributed by atoms with van der Waals surface area (Å²) in [6.07, 6.45) is 1.23. The predicted molar refractivity (Wildman–Crippen MR) is 47.2 cm³/mol. The van der Waals surface area contributed by atoms with Crippen molar-refractivity contribution < 1.29 is 4.11 Å². The fourth-order valence-corrected chi connectivity index (χ4v) is 0.920. The lowest BCUT2D eigenvalue weighted by molar-refractivity contribution is 0.817. The first-order chi connectivity index (χ1) is 5.84. The van der Waals surface area contributed by atoms with Crippen molar-refractivity contribution >= 4 is 34.2 Å². The molecule has 0 aliphatic carbocycles. The van der Waals surface area contributed by atoms with Gasteiger partial charge < -0.3 is 0 Å². The van der Waals surface area contributed by atoms with Gasteiger partial charge in [0, 0.05) is 17.3 Å². The van der Waals surface area contributed by atoms with Crippen LogP contribution in [0.2, 0.25) is 5.28 Å². The summed E-state index contributed by atoms with van der Waals surface area (Å²) in [5, 5.41) is -0.328. The van der Waals surface area contributed by atoms with E-state index in [1.165, 1.54) is 6.20 Å². The number of hydrogen-bond acceptors (Lipinski definition) is 2. The Hall–Kier alpha value is -0.100. The average Bonchev–Trinajstić information content (AvgIpc) is 1.95. The van der Waals surface area contributed by atoms with Crippen molar-refractivity contribution in [3.63, 3.8) is 0 Å². The third kappa shape index (κ3) is 1.32. The first kappa shape index (κ1) is 4.71. The maximum atomic E-state index is 11.3. The minimum atomic E-state index is -2.58. The number of rotatable bonds is 0. The molecule has 1 rings (SSSR count). The van der Waals surface area contributed by atoms with Crippen LogP contribution in [0.1, 0.15) is 4.11 Å². The monoisotopic (exact) mass is 273 g/mol. The fourth-order valence-electron chi connectivity index (χ4n) is 0.413. The molecule has 1 aromatic rings. The lowest BCUT2D eigenvalue weighted by Gasteiger charge is -1.97. The fraction of sp³-hybridized carbons (Fsp3) is 0.200. The third-order valence-electron chi connectivity index (χ3n) is 0.876. The van der Waals surface area contributed by atoms with Crippen LogP contribution in [-0.4, -0.2) is 9.55 Å². The lowest BCUT2D eigenvalue weighted by atomic mass is 10.6. The third-order valence-corrected chi connectivity index (χ3v) is 1.88. The molecular formula is C5H4ClIN2O. The summed E-state index contributed by atoms with van der Waals surface area (Å²) in [7, 11) is 0. The topological polar surface area (TPSA) is 34.9 Å². The van der Waals surface area contributed by atoms with E-state index < -0.39 is 12.5 Å². The quantitative estimate of drug-likeness (QED) is 0.523. The van der Waals surface area contributed by atoms with E-state index in [4.69, 9.17) is 15.7 Å². The van der Waals surface area contributed by atoms with Gasteiger partial charge in [0.1, 0.15) is 0 Å². The van der Waals surface area contributed by atoms with Crippen LogP contribution in [0.25, 0.3) is 0 Å². The molecular weight excluding hydrogens is 266 g/mol. The number of hydrogen-bond donors (Lipinski definition) is 0. The van der Waals surface area contributed by atoms with Crippen LogP contribution in [-0.2, 0) is 6.98 Å². The van der Waals surface area contributed by atoms with E-state index in [2.05, 4.69) is 4.98 Å². The molecule has 5 heteroatoms. The standard InChI is InChI=1S/C5H4ClIN2O/c1-9-4(10)3(7)2-8-5(9)6/h2H,1H3/i1D3. The van der Waals surface area contributed by atoms with Crippen LogP contribution in [0.3, 0.4) is 0 Å². The maximum Gasteiger partial charge on any atom is 0.267 e. The Morgan fingerprint density at radius 3 is 3.20 bits per heavy atom. The Labute approximate surface area is 80.4 Å². The molecule has 0 saturated heterocycles. The molecule has 1 heterocycles. The summed E-state index contributed by atoms with van der Waals surface area (Å²) in [6.45, 7) is -2.58. The Morgan fingerprint density at radius 2 is 2.70 bits per heavy atom. The van der Waals surface area contributed by atoms with Crippen LogP contribution >= 0.6 is 34.2 Å². The van der Waals surface area contributed by atoms with Gasteiger partial charge in [0.05, 0.1) is 3.57 Å². The highest BCUT2D eigenvalue weighted by molar-refractivity contribution is 14.1. The number of aromatic nitrogens is 2. The first-order valence-electron chi connectivity index (χ1n) is 3.77. The van der Waals surface area contributed by atoms with E-state index in [1.54, 1.807) is 22.6 Å². The normalized spacial score (nSPS) is 15.6. The van der Waals surface area contributed by atoms with Crippen molar-refractivity contribution in [2.75, 3.05) is 0 Å². The van der Waals surface area contributed by atoms with Gasteiger partial charge in [-0.2, -0.15) is 0 Å². The number of halogens is 2. The molecule has 0 fully saturated rings. The summed E-state index contributed by atoms with van der Waals surface area (Å²) < 4.78 is 21.8. The van der Waals surface area contributed by atoms with Crippen molar-refractivity contribution in [2.24, 2.45) is 6.98 Å². The van der Waals surface area contributed by atoms with Crippen molar-refractivity contribution in [1.29, 1.82) is 0 Å². The zero-order chi connectivity index (χ0) is 10.2. The van der Waals surface area contributed by atoms with Gasteiger partial charge in [-0.1, -0.05) is 0 Å². The summed E-state index contributed by atoms with van der Waals surface area (Å²) in [4.78, 5) is 14.9. The smallest absolute Gasteiger partial charge is 0.267 e. The average molecular weight is 273 g/mol. The van der Waals surface area contributed by atoms with Gasteiger partial charge in [-0.15, -0.1) is 0 Å². The molecule has 0 aliphatic heterocycles. The molecule has 0 bridgehead atoms. The largest absolute Gasteiger partial charge is 0.286 e. The van der Waals surface area contributed by atoms with Gasteiger partial charge >= 0.3 is 0 Å². The Balaban J connectivity index is 3.53. The molecule has 0 aromatic carbocycles. The second kappa shape index (κ2) is 2.87. The SMILES string of the molecule is [2H]C([2H])([2H])n1c(Cl)ncc(I)c1=O. The van der Waals surface area contributed by atoms with Crippen LogP contribution in [0.4, 0.5) is 0 Å². The summed E-state index contributed by atoms with van der Waals surface area (Å²) >= 11 is 7.18. The molecule has 10 heavy (non-hydrogen) atoms. The second-order valence-electron chi connectivity index (χ2n) is 1.52. The predicted octanol–water partition coefficient (Wildman–Crippen LogP) is 1.04. The van der Waals surface area contributed by atoms with Gasteiger partial charge in [0.2, 0.25) is 5.28 Å². The van der Waals surface area contributed by atoms with Crippen molar-refractivity contribution in [3.05, 3.63) is 25.4 Å². The number of nitrogens with zero attached hydrogens (tertiary/aromatic N) is 2. The van der Waals surface area contributed by atoms with E-state index in [9.17, 15) is 4.79 Å². The van der Waals surface area contributed by atoms with Gasteiger partial charge in [0.25, 0.3) is 5.56 Å². The molecule has 0 radical (unpaired) electrons. The minimum Gasteiger partial charge on any atom is -0.286 e. The lowest BCUT2D eigenvalue weighted by Crippen LogP contribution is -2.20. The van der Waals surface area contributed by atoms with E-state index in [0.717, 1.165) is 0 Å². The van der Waals surface area contributed by atoms with E-state index >= 15 is 0 Å². The molecule has 0 amide bonds. The maximum absolute atomic E-state index is 11.3. The summed E-state index contributed by atoms with van der Waals surface area (Å²) in [5.74, 6) is 0. The van der Waals surface area contributed by atoms with Crippen LogP contribution in [0, 0.1) is 3.57 Å². The van der Waals surface area contributed by atoms with Crippen LogP contribution < -0.4 is 5.56 Å². The second-order valence-corrected chi connectivity index (χ2v) is 3.02.